The molecule has 1 N–H and O–H groups in total. The second kappa shape index (κ2) is 8.75. The molecule has 30 heavy (non-hydrogen) atoms. The van der Waals surface area contributed by atoms with Gasteiger partial charge in [0.2, 0.25) is 5.91 Å². The minimum Gasteiger partial charge on any atom is -0.354 e. The number of rotatable bonds is 5. The van der Waals surface area contributed by atoms with Crippen molar-refractivity contribution in [2.45, 2.75) is 11.7 Å². The van der Waals surface area contributed by atoms with Crippen molar-refractivity contribution in [2.24, 2.45) is 0 Å². The number of carbonyl (C=O) groups is 2. The van der Waals surface area contributed by atoms with Crippen LogP contribution in [0.5, 0.6) is 0 Å². The molecule has 1 saturated heterocycles. The van der Waals surface area contributed by atoms with Crippen LogP contribution in [0.15, 0.2) is 59.1 Å². The Bertz CT molecular complexity index is 1090. The lowest BCUT2D eigenvalue weighted by atomic mass is 10.1. The molecule has 1 heterocycles. The molecular weight excluding hydrogens is 411 g/mol. The van der Waals surface area contributed by atoms with Gasteiger partial charge in [-0.1, -0.05) is 23.9 Å². The molecule has 0 aliphatic carbocycles. The van der Waals surface area contributed by atoms with Crippen molar-refractivity contribution in [1.29, 1.82) is 5.26 Å². The van der Waals surface area contributed by atoms with Gasteiger partial charge in [0, 0.05) is 24.9 Å². The Morgan fingerprint density at radius 2 is 2.03 bits per heavy atom. The van der Waals surface area contributed by atoms with Gasteiger partial charge in [0.1, 0.15) is 22.5 Å². The summed E-state index contributed by atoms with van der Waals surface area (Å²) in [4.78, 5) is 37.0. The van der Waals surface area contributed by atoms with Crippen LogP contribution in [0.2, 0.25) is 0 Å². The molecule has 0 radical (unpaired) electrons. The van der Waals surface area contributed by atoms with Gasteiger partial charge in [-0.25, -0.2) is 4.39 Å². The summed E-state index contributed by atoms with van der Waals surface area (Å²) < 4.78 is 13.4. The number of thioether (sulfide) groups is 1. The maximum atomic E-state index is 13.4. The van der Waals surface area contributed by atoms with Crippen LogP contribution in [0, 0.1) is 27.3 Å². The number of halogens is 1. The summed E-state index contributed by atoms with van der Waals surface area (Å²) in [5.41, 5.74) is 0.523. The molecule has 1 unspecified atom stereocenters. The van der Waals surface area contributed by atoms with Crippen LogP contribution >= 0.6 is 11.8 Å². The second-order valence-corrected chi connectivity index (χ2v) is 7.45. The molecule has 10 heteroatoms. The van der Waals surface area contributed by atoms with Crippen molar-refractivity contribution in [2.75, 3.05) is 11.9 Å². The van der Waals surface area contributed by atoms with Crippen molar-refractivity contribution < 1.29 is 18.9 Å². The smallest absolute Gasteiger partial charge is 0.269 e. The summed E-state index contributed by atoms with van der Waals surface area (Å²) in [6, 6.07) is 12.8. The first kappa shape index (κ1) is 21.0. The topological polar surface area (TPSA) is 116 Å². The lowest BCUT2D eigenvalue weighted by Gasteiger charge is -2.18. The summed E-state index contributed by atoms with van der Waals surface area (Å²) in [6.07, 6.45) is 0.152. The van der Waals surface area contributed by atoms with Gasteiger partial charge in [0.15, 0.2) is 0 Å². The molecule has 3 rings (SSSR count). The molecule has 1 aliphatic rings. The van der Waals surface area contributed by atoms with E-state index in [2.05, 4.69) is 5.32 Å². The number of nitrogens with one attached hydrogen (secondary N) is 1. The summed E-state index contributed by atoms with van der Waals surface area (Å²) in [5, 5.41) is 22.3. The number of nitro benzene ring substituents is 1. The summed E-state index contributed by atoms with van der Waals surface area (Å²) in [6.45, 7) is 0. The minimum atomic E-state index is -0.722. The van der Waals surface area contributed by atoms with E-state index in [0.717, 1.165) is 11.8 Å². The summed E-state index contributed by atoms with van der Waals surface area (Å²) in [7, 11) is 1.37. The molecular formula is C20H15FN4O4S. The van der Waals surface area contributed by atoms with Crippen LogP contribution in [-0.4, -0.2) is 29.0 Å². The largest absolute Gasteiger partial charge is 0.354 e. The molecule has 2 aromatic carbocycles. The van der Waals surface area contributed by atoms with E-state index in [-0.39, 0.29) is 22.7 Å². The Morgan fingerprint density at radius 3 is 2.63 bits per heavy atom. The number of non-ortho nitro benzene ring substituents is 1. The molecule has 152 valence electrons. The van der Waals surface area contributed by atoms with Crippen LogP contribution in [0.25, 0.3) is 0 Å². The lowest BCUT2D eigenvalue weighted by molar-refractivity contribution is -0.384. The number of amides is 2. The van der Waals surface area contributed by atoms with E-state index in [0.29, 0.717) is 11.3 Å². The number of nitrogens with zero attached hydrogens (tertiary/aromatic N) is 3. The highest BCUT2D eigenvalue weighted by Gasteiger charge is 2.40. The highest BCUT2D eigenvalue weighted by Crippen LogP contribution is 2.42. The molecule has 0 saturated carbocycles. The molecule has 2 amide bonds. The number of anilines is 1. The number of nitriles is 1. The third-order valence-corrected chi connectivity index (χ3v) is 5.62. The van der Waals surface area contributed by atoms with Gasteiger partial charge in [-0.2, -0.15) is 5.26 Å². The Labute approximate surface area is 175 Å². The second-order valence-electron chi connectivity index (χ2n) is 6.26. The van der Waals surface area contributed by atoms with Gasteiger partial charge < -0.3 is 5.32 Å². The molecule has 8 nitrogen and oxygen atoms in total. The minimum absolute atomic E-state index is 0.0998. The van der Waals surface area contributed by atoms with Gasteiger partial charge in [-0.05, 0) is 36.2 Å². The van der Waals surface area contributed by atoms with Crippen LogP contribution in [0.4, 0.5) is 15.8 Å². The number of likely N-dealkylation sites (N-methyl/N-ethyl adjacent to an activating group) is 1. The summed E-state index contributed by atoms with van der Waals surface area (Å²) >= 11 is 1.02. The maximum Gasteiger partial charge on any atom is 0.269 e. The first-order valence-electron chi connectivity index (χ1n) is 8.71. The van der Waals surface area contributed by atoms with E-state index in [1.807, 2.05) is 6.07 Å². The highest BCUT2D eigenvalue weighted by atomic mass is 32.2. The molecule has 1 atom stereocenters. The number of carbonyl (C=O) groups excluding carboxylic acids is 2. The van der Waals surface area contributed by atoms with Gasteiger partial charge >= 0.3 is 0 Å². The number of nitro groups is 1. The highest BCUT2D eigenvalue weighted by molar-refractivity contribution is 8.05. The first-order chi connectivity index (χ1) is 14.3. The monoisotopic (exact) mass is 426 g/mol. The van der Waals surface area contributed by atoms with Crippen LogP contribution in [-0.2, 0) is 16.0 Å². The van der Waals surface area contributed by atoms with E-state index >= 15 is 0 Å². The third-order valence-electron chi connectivity index (χ3n) is 4.36. The molecule has 0 aromatic heterocycles. The van der Waals surface area contributed by atoms with Crippen LogP contribution in [0.1, 0.15) is 5.56 Å². The quantitative estimate of drug-likeness (QED) is 0.340. The maximum absolute atomic E-state index is 13.4. The zero-order valence-corrected chi connectivity index (χ0v) is 16.5. The van der Waals surface area contributed by atoms with Crippen molar-refractivity contribution in [1.82, 2.24) is 5.32 Å². The molecule has 2 aromatic rings. The van der Waals surface area contributed by atoms with Crippen molar-refractivity contribution in [3.8, 4) is 6.07 Å². The predicted octanol–water partition coefficient (Wildman–Crippen LogP) is 2.91. The lowest BCUT2D eigenvalue weighted by Crippen LogP contribution is -2.31. The average Bonchev–Trinajstić information content (AvgIpc) is 3.05. The molecule has 1 aliphatic heterocycles. The van der Waals surface area contributed by atoms with Crippen LogP contribution in [0.3, 0.4) is 0 Å². The molecule has 1 fully saturated rings. The Kier molecular flexibility index (Phi) is 6.13. The Hall–Kier alpha value is -3.71. The van der Waals surface area contributed by atoms with Gasteiger partial charge in [0.05, 0.1) is 10.2 Å². The molecule has 0 bridgehead atoms. The van der Waals surface area contributed by atoms with E-state index < -0.39 is 27.8 Å². The number of hydrogen-bond donors (Lipinski definition) is 1. The van der Waals surface area contributed by atoms with Crippen LogP contribution < -0.4 is 10.2 Å². The molecule has 0 spiro atoms. The van der Waals surface area contributed by atoms with Gasteiger partial charge in [0.25, 0.3) is 11.6 Å². The van der Waals surface area contributed by atoms with E-state index in [1.54, 1.807) is 6.07 Å². The number of hydrogen-bond acceptors (Lipinski definition) is 6. The zero-order valence-electron chi connectivity index (χ0n) is 15.7. The van der Waals surface area contributed by atoms with Gasteiger partial charge in [-0.15, -0.1) is 0 Å². The zero-order chi connectivity index (χ0) is 21.8. The van der Waals surface area contributed by atoms with E-state index in [9.17, 15) is 29.4 Å². The summed E-state index contributed by atoms with van der Waals surface area (Å²) in [5.74, 6) is -1.57. The number of benzene rings is 2. The van der Waals surface area contributed by atoms with E-state index in [4.69, 9.17) is 0 Å². The fourth-order valence-electron chi connectivity index (χ4n) is 2.95. The van der Waals surface area contributed by atoms with Crippen molar-refractivity contribution in [3.05, 3.63) is 80.6 Å². The SMILES string of the molecule is CNC(=O)/C(C#N)=C1\SC(Cc2cccc([N+](=O)[O-])c2)C(=O)N1c1ccc(F)cc1. The third kappa shape index (κ3) is 4.16. The van der Waals surface area contributed by atoms with Gasteiger partial charge in [-0.3, -0.25) is 24.6 Å². The predicted molar refractivity (Wildman–Crippen MR) is 109 cm³/mol. The normalized spacial score (nSPS) is 17.4. The first-order valence-corrected chi connectivity index (χ1v) is 9.59. The average molecular weight is 426 g/mol. The Balaban J connectivity index is 2.03. The van der Waals surface area contributed by atoms with Crippen molar-refractivity contribution in [3.63, 3.8) is 0 Å². The van der Waals surface area contributed by atoms with Crippen molar-refractivity contribution >= 4 is 35.0 Å². The standard InChI is InChI=1S/C20H15FN4O4S/c1-23-18(26)16(11-22)20-24(14-7-5-13(21)6-8-14)19(27)17(30-20)10-12-3-2-4-15(9-12)25(28)29/h2-9,17H,10H2,1H3,(H,23,26)/b20-16-. The Morgan fingerprint density at radius 1 is 1.33 bits per heavy atom. The fraction of sp³-hybridized carbons (Fsp3) is 0.150. The van der Waals surface area contributed by atoms with E-state index in [1.165, 1.54) is 54.4 Å². The fourth-order valence-corrected chi connectivity index (χ4v) is 4.26.